The van der Waals surface area contributed by atoms with Gasteiger partial charge in [0.1, 0.15) is 6.54 Å². The van der Waals surface area contributed by atoms with E-state index in [1.165, 1.54) is 10.9 Å². The summed E-state index contributed by atoms with van der Waals surface area (Å²) in [5.41, 5.74) is 0.403. The third kappa shape index (κ3) is 3.25. The van der Waals surface area contributed by atoms with Crippen molar-refractivity contribution >= 4 is 16.8 Å². The number of nitrogens with one attached hydrogen (secondary N) is 1. The third-order valence-corrected chi connectivity index (χ3v) is 4.31. The summed E-state index contributed by atoms with van der Waals surface area (Å²) in [6.45, 7) is 0.722. The predicted molar refractivity (Wildman–Crippen MR) is 86.1 cm³/mol. The lowest BCUT2D eigenvalue weighted by Gasteiger charge is -2.15. The molecule has 2 heterocycles. The molecule has 2 N–H and O–H groups in total. The molecule has 122 valence electrons. The number of hydrogen-bond acceptors (Lipinski definition) is 5. The summed E-state index contributed by atoms with van der Waals surface area (Å²) >= 11 is 0. The van der Waals surface area contributed by atoms with E-state index in [1.807, 2.05) is 18.0 Å². The molecule has 1 amide bonds. The highest BCUT2D eigenvalue weighted by molar-refractivity contribution is 5.79. The minimum absolute atomic E-state index is 0.00577. The molecular formula is C16H20N4O3. The van der Waals surface area contributed by atoms with Gasteiger partial charge in [-0.2, -0.15) is 0 Å². The molecule has 0 aliphatic carbocycles. The van der Waals surface area contributed by atoms with Crippen molar-refractivity contribution in [3.8, 4) is 0 Å². The van der Waals surface area contributed by atoms with Crippen LogP contribution in [0.25, 0.3) is 10.9 Å². The van der Waals surface area contributed by atoms with Gasteiger partial charge < -0.3 is 10.4 Å². The Kier molecular flexibility index (Phi) is 4.40. The zero-order chi connectivity index (χ0) is 16.4. The van der Waals surface area contributed by atoms with Crippen LogP contribution < -0.4 is 10.9 Å². The predicted octanol–water partition coefficient (Wildman–Crippen LogP) is -0.422. The van der Waals surface area contributed by atoms with Gasteiger partial charge >= 0.3 is 0 Å². The van der Waals surface area contributed by atoms with Gasteiger partial charge in [-0.25, -0.2) is 4.98 Å². The Morgan fingerprint density at radius 2 is 2.22 bits per heavy atom. The topological polar surface area (TPSA) is 87.5 Å². The quantitative estimate of drug-likeness (QED) is 0.800. The van der Waals surface area contributed by atoms with Crippen LogP contribution in [0.1, 0.15) is 6.42 Å². The van der Waals surface area contributed by atoms with Crippen molar-refractivity contribution in [2.45, 2.75) is 25.0 Å². The normalized spacial score (nSPS) is 21.7. The Morgan fingerprint density at radius 1 is 1.43 bits per heavy atom. The Bertz CT molecular complexity index is 773. The van der Waals surface area contributed by atoms with Crippen LogP contribution in [0.2, 0.25) is 0 Å². The van der Waals surface area contributed by atoms with Gasteiger partial charge in [-0.15, -0.1) is 0 Å². The fourth-order valence-corrected chi connectivity index (χ4v) is 3.04. The van der Waals surface area contributed by atoms with E-state index in [0.717, 1.165) is 0 Å². The first-order chi connectivity index (χ1) is 11.1. The maximum atomic E-state index is 12.4. The van der Waals surface area contributed by atoms with E-state index in [4.69, 9.17) is 0 Å². The highest BCUT2D eigenvalue weighted by atomic mass is 16.3. The number of carbonyl (C=O) groups excluding carboxylic acids is 1. The fraction of sp³-hybridized carbons (Fsp3) is 0.438. The van der Waals surface area contributed by atoms with Gasteiger partial charge in [-0.3, -0.25) is 19.1 Å². The van der Waals surface area contributed by atoms with E-state index in [-0.39, 0.29) is 36.7 Å². The first kappa shape index (κ1) is 15.6. The second-order valence-corrected chi connectivity index (χ2v) is 5.97. The van der Waals surface area contributed by atoms with Crippen LogP contribution in [-0.4, -0.2) is 57.7 Å². The molecule has 0 radical (unpaired) electrons. The van der Waals surface area contributed by atoms with E-state index in [2.05, 4.69) is 10.3 Å². The number of para-hydroxylation sites is 1. The highest BCUT2D eigenvalue weighted by Crippen LogP contribution is 2.15. The zero-order valence-corrected chi connectivity index (χ0v) is 13.0. The second-order valence-electron chi connectivity index (χ2n) is 5.97. The van der Waals surface area contributed by atoms with Crippen molar-refractivity contribution in [3.63, 3.8) is 0 Å². The lowest BCUT2D eigenvalue weighted by molar-refractivity contribution is -0.122. The van der Waals surface area contributed by atoms with Crippen LogP contribution in [0, 0.1) is 0 Å². The molecule has 0 bridgehead atoms. The number of carbonyl (C=O) groups is 1. The molecule has 1 fully saturated rings. The lowest BCUT2D eigenvalue weighted by Crippen LogP contribution is -2.40. The van der Waals surface area contributed by atoms with Crippen LogP contribution in [0.3, 0.4) is 0 Å². The molecule has 2 aromatic rings. The summed E-state index contributed by atoms with van der Waals surface area (Å²) in [7, 11) is 1.92. The van der Waals surface area contributed by atoms with Gasteiger partial charge in [0.25, 0.3) is 5.56 Å². The lowest BCUT2D eigenvalue weighted by atomic mass is 10.2. The molecule has 2 atom stereocenters. The number of fused-ring (bicyclic) bond motifs is 1. The summed E-state index contributed by atoms with van der Waals surface area (Å²) in [5.74, 6) is -0.221. The number of nitrogens with zero attached hydrogens (tertiary/aromatic N) is 3. The largest absolute Gasteiger partial charge is 0.395 e. The number of aliphatic hydroxyl groups excluding tert-OH is 1. The summed E-state index contributed by atoms with van der Waals surface area (Å²) in [6, 6.07) is 7.14. The number of hydrogen-bond donors (Lipinski definition) is 2. The van der Waals surface area contributed by atoms with Gasteiger partial charge in [0.05, 0.1) is 23.8 Å². The van der Waals surface area contributed by atoms with E-state index in [1.54, 1.807) is 18.2 Å². The van der Waals surface area contributed by atoms with Gasteiger partial charge in [0.15, 0.2) is 0 Å². The molecule has 1 aliphatic rings. The first-order valence-electron chi connectivity index (χ1n) is 7.63. The van der Waals surface area contributed by atoms with Crippen molar-refractivity contribution < 1.29 is 9.90 Å². The standard InChI is InChI=1S/C16H20N4O3/c1-19-7-11(6-12(19)9-21)18-15(22)8-20-10-17-14-5-3-2-4-13(14)16(20)23/h2-5,10-12,21H,6-9H2,1H3,(H,18,22)/t11-,12+/m1/s1. The molecule has 7 nitrogen and oxygen atoms in total. The smallest absolute Gasteiger partial charge is 0.261 e. The van der Waals surface area contributed by atoms with E-state index < -0.39 is 0 Å². The van der Waals surface area contributed by atoms with E-state index >= 15 is 0 Å². The van der Waals surface area contributed by atoms with Crippen LogP contribution in [0.5, 0.6) is 0 Å². The Labute approximate surface area is 133 Å². The molecule has 1 aromatic carbocycles. The second kappa shape index (κ2) is 6.47. The maximum absolute atomic E-state index is 12.4. The highest BCUT2D eigenvalue weighted by Gasteiger charge is 2.29. The average Bonchev–Trinajstić information content (AvgIpc) is 2.90. The Hall–Kier alpha value is -2.25. The fourth-order valence-electron chi connectivity index (χ4n) is 3.04. The number of amides is 1. The first-order valence-corrected chi connectivity index (χ1v) is 7.63. The van der Waals surface area contributed by atoms with Gasteiger partial charge in [0.2, 0.25) is 5.91 Å². The van der Waals surface area contributed by atoms with Crippen LogP contribution >= 0.6 is 0 Å². The number of rotatable bonds is 4. The van der Waals surface area contributed by atoms with Crippen molar-refractivity contribution in [3.05, 3.63) is 40.9 Å². The maximum Gasteiger partial charge on any atom is 0.261 e. The van der Waals surface area contributed by atoms with Crippen molar-refractivity contribution in [1.82, 2.24) is 19.8 Å². The molecule has 1 saturated heterocycles. The number of likely N-dealkylation sites (N-methyl/N-ethyl adjacent to an activating group) is 1. The molecule has 3 rings (SSSR count). The molecule has 0 saturated carbocycles. The molecule has 0 spiro atoms. The molecular weight excluding hydrogens is 296 g/mol. The van der Waals surface area contributed by atoms with Crippen molar-refractivity contribution in [2.75, 3.05) is 20.2 Å². The Balaban J connectivity index is 1.69. The molecule has 7 heteroatoms. The van der Waals surface area contributed by atoms with Crippen LogP contribution in [0.15, 0.2) is 35.4 Å². The molecule has 0 unspecified atom stereocenters. The van der Waals surface area contributed by atoms with E-state index in [0.29, 0.717) is 23.9 Å². The summed E-state index contributed by atoms with van der Waals surface area (Å²) in [5, 5.41) is 12.7. The van der Waals surface area contributed by atoms with Gasteiger partial charge in [-0.05, 0) is 25.6 Å². The zero-order valence-electron chi connectivity index (χ0n) is 13.0. The van der Waals surface area contributed by atoms with Crippen LogP contribution in [0.4, 0.5) is 0 Å². The molecule has 1 aromatic heterocycles. The van der Waals surface area contributed by atoms with Crippen molar-refractivity contribution in [2.24, 2.45) is 0 Å². The average molecular weight is 316 g/mol. The number of aliphatic hydroxyl groups is 1. The number of likely N-dealkylation sites (tertiary alicyclic amines) is 1. The SMILES string of the molecule is CN1C[C@H](NC(=O)Cn2cnc3ccccc3c2=O)C[C@H]1CO. The summed E-state index contributed by atoms with van der Waals surface area (Å²) in [4.78, 5) is 30.8. The van der Waals surface area contributed by atoms with Crippen molar-refractivity contribution in [1.29, 1.82) is 0 Å². The van der Waals surface area contributed by atoms with Crippen LogP contribution in [-0.2, 0) is 11.3 Å². The van der Waals surface area contributed by atoms with Gasteiger partial charge in [0, 0.05) is 18.6 Å². The Morgan fingerprint density at radius 3 is 2.96 bits per heavy atom. The minimum atomic E-state index is -0.221. The number of benzene rings is 1. The summed E-state index contributed by atoms with van der Waals surface area (Å²) in [6.07, 6.45) is 2.12. The third-order valence-electron chi connectivity index (χ3n) is 4.31. The summed E-state index contributed by atoms with van der Waals surface area (Å²) < 4.78 is 1.32. The minimum Gasteiger partial charge on any atom is -0.395 e. The number of aromatic nitrogens is 2. The van der Waals surface area contributed by atoms with E-state index in [9.17, 15) is 14.7 Å². The molecule has 23 heavy (non-hydrogen) atoms. The monoisotopic (exact) mass is 316 g/mol. The van der Waals surface area contributed by atoms with Gasteiger partial charge in [-0.1, -0.05) is 12.1 Å². The molecule has 1 aliphatic heterocycles.